The van der Waals surface area contributed by atoms with E-state index in [-0.39, 0.29) is 19.4 Å². The lowest BCUT2D eigenvalue weighted by atomic mass is 10.00. The molecule has 1 rings (SSSR count). The molecule has 0 aliphatic carbocycles. The van der Waals surface area contributed by atoms with E-state index in [1.165, 1.54) is 83.5 Å². The Balaban J connectivity index is 2.48. The van der Waals surface area contributed by atoms with Crippen LogP contribution in [0.4, 0.5) is 0 Å². The summed E-state index contributed by atoms with van der Waals surface area (Å²) >= 11 is 0. The number of ether oxygens (including phenoxy) is 4. The van der Waals surface area contributed by atoms with Gasteiger partial charge in [-0.1, -0.05) is 142 Å². The van der Waals surface area contributed by atoms with Crippen molar-refractivity contribution in [2.45, 2.75) is 218 Å². The van der Waals surface area contributed by atoms with Crippen LogP contribution in [0.5, 0.6) is 0 Å². The molecule has 0 aromatic heterocycles. The maximum Gasteiger partial charge on any atom is 0.306 e. The Labute approximate surface area is 326 Å². The molecule has 12 nitrogen and oxygen atoms in total. The zero-order chi connectivity index (χ0) is 39.9. The standard InChI is InChI=1S/C41H76O12S/c1-3-5-7-9-11-13-15-17-19-21-23-25-27-29-36(42)50-31-34(32-51-41-40(46)39(45)38(44)35(53-41)33-54(47,48)49)52-37(43)30-28-26-24-22-20-18-16-14-12-10-8-6-4-2/h13,15,34-35,38-41,44-46H,3-12,14,16-33H2,1-2H3,(H,47,48,49). The number of unbranched alkanes of at least 4 members (excludes halogenated alkanes) is 21. The zero-order valence-corrected chi connectivity index (χ0v) is 34.4. The van der Waals surface area contributed by atoms with E-state index in [9.17, 15) is 37.9 Å². The molecular formula is C41H76O12S. The second-order valence-electron chi connectivity index (χ2n) is 15.0. The summed E-state index contributed by atoms with van der Waals surface area (Å²) in [5, 5.41) is 30.8. The molecule has 1 aliphatic rings. The zero-order valence-electron chi connectivity index (χ0n) is 33.6. The van der Waals surface area contributed by atoms with Crippen LogP contribution in [-0.4, -0.2) is 96.0 Å². The Morgan fingerprint density at radius 3 is 1.56 bits per heavy atom. The number of carbonyl (C=O) groups is 2. The first-order chi connectivity index (χ1) is 26.0. The molecule has 0 aromatic carbocycles. The second kappa shape index (κ2) is 32.5. The Morgan fingerprint density at radius 2 is 1.06 bits per heavy atom. The fourth-order valence-corrected chi connectivity index (χ4v) is 7.19. The number of carbonyl (C=O) groups excluding carboxylic acids is 2. The summed E-state index contributed by atoms with van der Waals surface area (Å²) in [5.74, 6) is -1.98. The first kappa shape index (κ1) is 50.4. The predicted octanol–water partition coefficient (Wildman–Crippen LogP) is 7.89. The molecule has 6 atom stereocenters. The minimum atomic E-state index is -4.60. The van der Waals surface area contributed by atoms with Crippen LogP contribution >= 0.6 is 0 Å². The highest BCUT2D eigenvalue weighted by molar-refractivity contribution is 7.85. The minimum absolute atomic E-state index is 0.168. The highest BCUT2D eigenvalue weighted by Gasteiger charge is 2.46. The lowest BCUT2D eigenvalue weighted by Gasteiger charge is -2.40. The normalized spacial score (nSPS) is 21.0. The summed E-state index contributed by atoms with van der Waals surface area (Å²) in [4.78, 5) is 25.3. The summed E-state index contributed by atoms with van der Waals surface area (Å²) in [6, 6.07) is 0. The van der Waals surface area contributed by atoms with Crippen molar-refractivity contribution in [3.8, 4) is 0 Å². The van der Waals surface area contributed by atoms with Crippen LogP contribution in [0, 0.1) is 0 Å². The summed E-state index contributed by atoms with van der Waals surface area (Å²) in [5.41, 5.74) is 0. The predicted molar refractivity (Wildman–Crippen MR) is 210 cm³/mol. The number of rotatable bonds is 35. The summed E-state index contributed by atoms with van der Waals surface area (Å²) < 4.78 is 53.9. The van der Waals surface area contributed by atoms with Crippen LogP contribution < -0.4 is 0 Å². The van der Waals surface area contributed by atoms with Crippen LogP contribution in [0.15, 0.2) is 12.2 Å². The van der Waals surface area contributed by atoms with Gasteiger partial charge in [-0.2, -0.15) is 8.42 Å². The number of aliphatic hydroxyl groups excluding tert-OH is 3. The second-order valence-corrected chi connectivity index (χ2v) is 16.5. The molecule has 0 saturated carbocycles. The van der Waals surface area contributed by atoms with Crippen LogP contribution in [0.2, 0.25) is 0 Å². The van der Waals surface area contributed by atoms with Gasteiger partial charge in [-0.05, 0) is 38.5 Å². The summed E-state index contributed by atoms with van der Waals surface area (Å²) in [7, 11) is -4.60. The van der Waals surface area contributed by atoms with Crippen LogP contribution in [0.1, 0.15) is 181 Å². The van der Waals surface area contributed by atoms with Gasteiger partial charge in [0, 0.05) is 12.8 Å². The van der Waals surface area contributed by atoms with E-state index in [1.807, 2.05) is 0 Å². The number of aliphatic hydroxyl groups is 3. The van der Waals surface area contributed by atoms with Crippen LogP contribution in [0.25, 0.3) is 0 Å². The van der Waals surface area contributed by atoms with Gasteiger partial charge in [-0.25, -0.2) is 0 Å². The number of hydrogen-bond donors (Lipinski definition) is 4. The van der Waals surface area contributed by atoms with Gasteiger partial charge in [-0.3, -0.25) is 14.1 Å². The SMILES string of the molecule is CCCCCCC=CCCCCCCCC(=O)OCC(COC1OC(CS(=O)(=O)O)C(O)C(O)C1O)OC(=O)CCCCCCCCCCCCCCC. The van der Waals surface area contributed by atoms with E-state index >= 15 is 0 Å². The molecule has 0 radical (unpaired) electrons. The van der Waals surface area contributed by atoms with Crippen molar-refractivity contribution < 1.29 is 56.8 Å². The molecule has 0 amide bonds. The van der Waals surface area contributed by atoms with E-state index in [1.54, 1.807) is 0 Å². The Hall–Kier alpha value is -1.61. The highest BCUT2D eigenvalue weighted by Crippen LogP contribution is 2.24. The van der Waals surface area contributed by atoms with Gasteiger partial charge < -0.3 is 34.3 Å². The first-order valence-electron chi connectivity index (χ1n) is 21.2. The van der Waals surface area contributed by atoms with Crippen LogP contribution in [0.3, 0.4) is 0 Å². The van der Waals surface area contributed by atoms with Crippen molar-refractivity contribution in [2.75, 3.05) is 19.0 Å². The van der Waals surface area contributed by atoms with Crippen molar-refractivity contribution in [1.29, 1.82) is 0 Å². The largest absolute Gasteiger partial charge is 0.462 e. The quantitative estimate of drug-likeness (QED) is 0.0211. The number of allylic oxidation sites excluding steroid dienone is 2. The van der Waals surface area contributed by atoms with E-state index < -0.39 is 71.2 Å². The molecule has 1 heterocycles. The maximum atomic E-state index is 12.8. The van der Waals surface area contributed by atoms with Gasteiger partial charge >= 0.3 is 11.9 Å². The lowest BCUT2D eigenvalue weighted by Crippen LogP contribution is -2.60. The fraction of sp³-hybridized carbons (Fsp3) is 0.902. The summed E-state index contributed by atoms with van der Waals surface area (Å²) in [6.07, 6.45) is 22.6. The number of esters is 2. The molecule has 0 bridgehead atoms. The topological polar surface area (TPSA) is 186 Å². The molecule has 1 saturated heterocycles. The molecule has 0 aromatic rings. The Morgan fingerprint density at radius 1 is 0.611 bits per heavy atom. The van der Waals surface area contributed by atoms with Crippen molar-refractivity contribution in [2.24, 2.45) is 0 Å². The van der Waals surface area contributed by atoms with Crippen molar-refractivity contribution in [3.63, 3.8) is 0 Å². The highest BCUT2D eigenvalue weighted by atomic mass is 32.2. The average molecular weight is 793 g/mol. The van der Waals surface area contributed by atoms with Crippen molar-refractivity contribution in [3.05, 3.63) is 12.2 Å². The molecule has 4 N–H and O–H groups in total. The monoisotopic (exact) mass is 793 g/mol. The third-order valence-corrected chi connectivity index (χ3v) is 10.6. The molecule has 1 fully saturated rings. The van der Waals surface area contributed by atoms with E-state index in [0.717, 1.165) is 57.8 Å². The molecular weight excluding hydrogens is 717 g/mol. The van der Waals surface area contributed by atoms with Gasteiger partial charge in [0.05, 0.1) is 6.61 Å². The third-order valence-electron chi connectivity index (χ3n) is 9.85. The molecule has 318 valence electrons. The molecule has 54 heavy (non-hydrogen) atoms. The maximum absolute atomic E-state index is 12.8. The minimum Gasteiger partial charge on any atom is -0.462 e. The molecule has 13 heteroatoms. The average Bonchev–Trinajstić information content (AvgIpc) is 3.13. The Bertz CT molecular complexity index is 1070. The smallest absolute Gasteiger partial charge is 0.306 e. The number of hydrogen-bond acceptors (Lipinski definition) is 11. The molecule has 1 aliphatic heterocycles. The van der Waals surface area contributed by atoms with E-state index in [2.05, 4.69) is 26.0 Å². The van der Waals surface area contributed by atoms with Gasteiger partial charge in [0.15, 0.2) is 12.4 Å². The van der Waals surface area contributed by atoms with Gasteiger partial charge in [0.1, 0.15) is 36.8 Å². The molecule has 6 unspecified atom stereocenters. The first-order valence-corrected chi connectivity index (χ1v) is 22.9. The Kier molecular flexibility index (Phi) is 30.3. The van der Waals surface area contributed by atoms with E-state index in [4.69, 9.17) is 18.9 Å². The van der Waals surface area contributed by atoms with Crippen LogP contribution in [-0.2, 0) is 38.7 Å². The van der Waals surface area contributed by atoms with Gasteiger partial charge in [0.2, 0.25) is 0 Å². The van der Waals surface area contributed by atoms with Gasteiger partial charge in [-0.15, -0.1) is 0 Å². The van der Waals surface area contributed by atoms with Gasteiger partial charge in [0.25, 0.3) is 10.1 Å². The van der Waals surface area contributed by atoms with E-state index in [0.29, 0.717) is 12.8 Å². The van der Waals surface area contributed by atoms with Crippen molar-refractivity contribution in [1.82, 2.24) is 0 Å². The lowest BCUT2D eigenvalue weighted by molar-refractivity contribution is -0.297. The summed E-state index contributed by atoms with van der Waals surface area (Å²) in [6.45, 7) is 3.73. The molecule has 0 spiro atoms. The van der Waals surface area contributed by atoms with Crippen molar-refractivity contribution >= 4 is 22.1 Å². The third kappa shape index (κ3) is 27.1. The fourth-order valence-electron chi connectivity index (χ4n) is 6.49.